The zero-order valence-electron chi connectivity index (χ0n) is 22.6. The largest absolute Gasteiger partial charge is 0.417 e. The number of rotatable bonds is 6. The minimum atomic E-state index is -4.61. The third-order valence-electron chi connectivity index (χ3n) is 7.08. The number of anilines is 1. The number of pyridine rings is 2. The normalized spacial score (nSPS) is 15.3. The van der Waals surface area contributed by atoms with Gasteiger partial charge in [0, 0.05) is 46.7 Å². The van der Waals surface area contributed by atoms with Crippen LogP contribution in [0.15, 0.2) is 60.9 Å². The summed E-state index contributed by atoms with van der Waals surface area (Å²) in [5, 5.41) is 13.2. The molecule has 1 saturated heterocycles. The maximum Gasteiger partial charge on any atom is 0.417 e. The predicted molar refractivity (Wildman–Crippen MR) is 155 cm³/mol. The Morgan fingerprint density at radius 1 is 1.12 bits per heavy atom. The molecule has 0 radical (unpaired) electrons. The highest BCUT2D eigenvalue weighted by molar-refractivity contribution is 7.19. The lowest BCUT2D eigenvalue weighted by Gasteiger charge is -2.35. The van der Waals surface area contributed by atoms with Crippen LogP contribution in [-0.4, -0.2) is 50.5 Å². The van der Waals surface area contributed by atoms with Crippen LogP contribution >= 0.6 is 11.3 Å². The van der Waals surface area contributed by atoms with E-state index < -0.39 is 23.2 Å². The summed E-state index contributed by atoms with van der Waals surface area (Å²) in [5.41, 5.74) is 5.51. The van der Waals surface area contributed by atoms with Crippen molar-refractivity contribution in [1.82, 2.24) is 20.2 Å². The number of benzene rings is 1. The molecule has 0 atom stereocenters. The number of aromatic nitrogens is 2. The SMILES string of the molecule is CC1(O)CCN(C(=O)c2ccc(-c3cc(C(F)(F)F)c4sc(CNC(=O)/C=C/c5ccc(N)nc5)cc4c3)nc2)CC1. The van der Waals surface area contributed by atoms with Crippen molar-refractivity contribution >= 4 is 45.1 Å². The summed E-state index contributed by atoms with van der Waals surface area (Å²) in [6, 6.07) is 10.7. The maximum absolute atomic E-state index is 14.1. The van der Waals surface area contributed by atoms with E-state index in [4.69, 9.17) is 5.73 Å². The maximum atomic E-state index is 14.1. The number of nitrogen functional groups attached to an aromatic ring is 1. The highest BCUT2D eigenvalue weighted by atomic mass is 32.1. The average Bonchev–Trinajstić information content (AvgIpc) is 3.37. The summed E-state index contributed by atoms with van der Waals surface area (Å²) in [6.45, 7) is 2.62. The molecule has 1 aliphatic rings. The van der Waals surface area contributed by atoms with Crippen LogP contribution in [0.25, 0.3) is 27.4 Å². The highest BCUT2D eigenvalue weighted by Crippen LogP contribution is 2.41. The molecule has 4 aromatic rings. The van der Waals surface area contributed by atoms with Crippen LogP contribution in [0.2, 0.25) is 0 Å². The van der Waals surface area contributed by atoms with Gasteiger partial charge in [-0.25, -0.2) is 4.98 Å². The number of aliphatic hydroxyl groups is 1. The van der Waals surface area contributed by atoms with E-state index in [-0.39, 0.29) is 22.7 Å². The summed E-state index contributed by atoms with van der Waals surface area (Å²) >= 11 is 0.964. The van der Waals surface area contributed by atoms with E-state index in [1.54, 1.807) is 48.2 Å². The quantitative estimate of drug-likeness (QED) is 0.261. The number of hydrogen-bond donors (Lipinski definition) is 3. The summed E-state index contributed by atoms with van der Waals surface area (Å²) in [4.78, 5) is 35.6. The summed E-state index contributed by atoms with van der Waals surface area (Å²) < 4.78 is 42.3. The average molecular weight is 596 g/mol. The van der Waals surface area contributed by atoms with Crippen LogP contribution in [0.4, 0.5) is 19.0 Å². The first-order valence-corrected chi connectivity index (χ1v) is 14.0. The van der Waals surface area contributed by atoms with Gasteiger partial charge >= 0.3 is 6.18 Å². The second-order valence-electron chi connectivity index (χ2n) is 10.4. The zero-order chi connectivity index (χ0) is 30.1. The second kappa shape index (κ2) is 11.5. The fourth-order valence-electron chi connectivity index (χ4n) is 4.64. The molecule has 1 aromatic carbocycles. The lowest BCUT2D eigenvalue weighted by Crippen LogP contribution is -2.45. The van der Waals surface area contributed by atoms with Crippen molar-refractivity contribution in [2.75, 3.05) is 18.8 Å². The Morgan fingerprint density at radius 2 is 1.88 bits per heavy atom. The van der Waals surface area contributed by atoms with Crippen LogP contribution in [0.3, 0.4) is 0 Å². The number of piperidine rings is 1. The van der Waals surface area contributed by atoms with Gasteiger partial charge in [0.05, 0.1) is 29.0 Å². The van der Waals surface area contributed by atoms with Gasteiger partial charge in [-0.15, -0.1) is 11.3 Å². The smallest absolute Gasteiger partial charge is 0.390 e. The lowest BCUT2D eigenvalue weighted by atomic mass is 9.93. The van der Waals surface area contributed by atoms with Crippen LogP contribution in [0, 0.1) is 0 Å². The van der Waals surface area contributed by atoms with Gasteiger partial charge in [-0.3, -0.25) is 14.6 Å². The van der Waals surface area contributed by atoms with Crippen molar-refractivity contribution in [3.05, 3.63) is 82.5 Å². The first-order chi connectivity index (χ1) is 19.9. The van der Waals surface area contributed by atoms with Crippen molar-refractivity contribution in [3.8, 4) is 11.3 Å². The summed E-state index contributed by atoms with van der Waals surface area (Å²) in [7, 11) is 0. The molecule has 3 aromatic heterocycles. The van der Waals surface area contributed by atoms with E-state index >= 15 is 0 Å². The van der Waals surface area contributed by atoms with E-state index in [2.05, 4.69) is 15.3 Å². The van der Waals surface area contributed by atoms with E-state index in [1.807, 2.05) is 0 Å². The number of fused-ring (bicyclic) bond motifs is 1. The van der Waals surface area contributed by atoms with Crippen molar-refractivity contribution in [1.29, 1.82) is 0 Å². The highest BCUT2D eigenvalue weighted by Gasteiger charge is 2.34. The molecule has 4 heterocycles. The molecule has 1 aliphatic heterocycles. The monoisotopic (exact) mass is 595 g/mol. The number of amides is 2. The molecule has 12 heteroatoms. The molecule has 1 fully saturated rings. The number of carbonyl (C=O) groups excluding carboxylic acids is 2. The molecule has 5 rings (SSSR count). The molecular formula is C30H28F3N5O3S. The topological polar surface area (TPSA) is 121 Å². The van der Waals surface area contributed by atoms with Gasteiger partial charge in [-0.1, -0.05) is 0 Å². The van der Waals surface area contributed by atoms with Gasteiger partial charge in [-0.05, 0) is 79.3 Å². The van der Waals surface area contributed by atoms with E-state index in [1.165, 1.54) is 24.5 Å². The van der Waals surface area contributed by atoms with Crippen LogP contribution < -0.4 is 11.1 Å². The molecule has 4 N–H and O–H groups in total. The molecule has 218 valence electrons. The Labute approximate surface area is 243 Å². The first-order valence-electron chi connectivity index (χ1n) is 13.2. The fraction of sp³-hybridized carbons (Fsp3) is 0.267. The van der Waals surface area contributed by atoms with Gasteiger partial charge in [0.2, 0.25) is 5.91 Å². The van der Waals surface area contributed by atoms with Gasteiger partial charge in [0.25, 0.3) is 5.91 Å². The van der Waals surface area contributed by atoms with Gasteiger partial charge < -0.3 is 21.1 Å². The number of halogens is 3. The minimum Gasteiger partial charge on any atom is -0.390 e. The van der Waals surface area contributed by atoms with E-state index in [9.17, 15) is 27.9 Å². The Balaban J connectivity index is 1.33. The van der Waals surface area contributed by atoms with Crippen LogP contribution in [-0.2, 0) is 17.5 Å². The van der Waals surface area contributed by atoms with Gasteiger partial charge in [-0.2, -0.15) is 13.2 Å². The van der Waals surface area contributed by atoms with Gasteiger partial charge in [0.15, 0.2) is 0 Å². The van der Waals surface area contributed by atoms with Crippen molar-refractivity contribution in [2.24, 2.45) is 0 Å². The zero-order valence-corrected chi connectivity index (χ0v) is 23.4. The van der Waals surface area contributed by atoms with E-state index in [0.717, 1.165) is 17.4 Å². The number of nitrogens with zero attached hydrogens (tertiary/aromatic N) is 3. The van der Waals surface area contributed by atoms with Crippen molar-refractivity contribution in [2.45, 2.75) is 38.1 Å². The number of hydrogen-bond acceptors (Lipinski definition) is 7. The molecule has 8 nitrogen and oxygen atoms in total. The van der Waals surface area contributed by atoms with Gasteiger partial charge in [0.1, 0.15) is 5.82 Å². The molecule has 0 aliphatic carbocycles. The number of nitrogens with one attached hydrogen (secondary N) is 1. The number of likely N-dealkylation sites (tertiary alicyclic amines) is 1. The Hall–Kier alpha value is -4.29. The van der Waals surface area contributed by atoms with Crippen molar-refractivity contribution in [3.63, 3.8) is 0 Å². The number of thiophene rings is 1. The first kappa shape index (κ1) is 29.2. The lowest BCUT2D eigenvalue weighted by molar-refractivity contribution is -0.136. The van der Waals surface area contributed by atoms with Crippen molar-refractivity contribution < 1.29 is 27.9 Å². The third kappa shape index (κ3) is 6.77. The molecule has 42 heavy (non-hydrogen) atoms. The molecular weight excluding hydrogens is 567 g/mol. The molecule has 2 amide bonds. The molecule has 0 unspecified atom stereocenters. The minimum absolute atomic E-state index is 0.0517. The second-order valence-corrected chi connectivity index (χ2v) is 11.6. The number of alkyl halides is 3. The Kier molecular flexibility index (Phi) is 8.02. The van der Waals surface area contributed by atoms with E-state index in [0.29, 0.717) is 58.8 Å². The number of nitrogens with two attached hydrogens (primary N) is 1. The Morgan fingerprint density at radius 3 is 2.52 bits per heavy atom. The third-order valence-corrected chi connectivity index (χ3v) is 8.26. The number of carbonyl (C=O) groups is 2. The molecule has 0 saturated carbocycles. The summed E-state index contributed by atoms with van der Waals surface area (Å²) in [6.07, 6.45) is 2.08. The Bertz CT molecular complexity index is 1640. The fourth-order valence-corrected chi connectivity index (χ4v) is 5.75. The predicted octanol–water partition coefficient (Wildman–Crippen LogP) is 5.28. The van der Waals surface area contributed by atoms with Crippen LogP contribution in [0.5, 0.6) is 0 Å². The molecule has 0 bridgehead atoms. The standard InChI is InChI=1S/C30H28F3N5O3S/c1-29(41)8-10-38(11-9-29)28(40)19-4-5-24(35-16-19)20-12-21-13-22(42-27(21)23(14-20)30(31,32)33)17-37-26(39)7-3-18-2-6-25(34)36-15-18/h2-7,12-16,41H,8-11,17H2,1H3,(H2,34,36)(H,37,39)/b7-3+. The van der Waals surface area contributed by atoms with Crippen LogP contribution in [0.1, 0.15) is 46.1 Å². The molecule has 0 spiro atoms. The summed E-state index contributed by atoms with van der Waals surface area (Å²) in [5.74, 6) is -0.287.